The third-order valence-corrected chi connectivity index (χ3v) is 3.32. The molecular formula is C17H21FN2O. The number of hydrogen-bond donors (Lipinski definition) is 1. The number of rotatable bonds is 6. The Morgan fingerprint density at radius 1 is 1.14 bits per heavy atom. The van der Waals surface area contributed by atoms with Crippen molar-refractivity contribution in [2.24, 2.45) is 0 Å². The molecule has 2 aromatic carbocycles. The lowest BCUT2D eigenvalue weighted by atomic mass is 10.1. The highest BCUT2D eigenvalue weighted by Crippen LogP contribution is 2.26. The molecule has 0 atom stereocenters. The zero-order valence-electron chi connectivity index (χ0n) is 12.5. The van der Waals surface area contributed by atoms with Crippen LogP contribution in [0.25, 0.3) is 0 Å². The minimum Gasteiger partial charge on any atom is -0.494 e. The molecule has 0 aliphatic rings. The molecule has 0 radical (unpaired) electrons. The molecule has 0 saturated carbocycles. The molecule has 0 heterocycles. The maximum Gasteiger partial charge on any atom is 0.146 e. The van der Waals surface area contributed by atoms with Gasteiger partial charge in [0.2, 0.25) is 0 Å². The summed E-state index contributed by atoms with van der Waals surface area (Å²) in [6.45, 7) is 5.77. The molecule has 2 N–H and O–H groups in total. The number of hydrogen-bond acceptors (Lipinski definition) is 3. The summed E-state index contributed by atoms with van der Waals surface area (Å²) < 4.78 is 19.6. The molecule has 0 fully saturated rings. The van der Waals surface area contributed by atoms with Crippen LogP contribution in [-0.2, 0) is 6.54 Å². The first-order chi connectivity index (χ1) is 10.2. The second kappa shape index (κ2) is 6.97. The Morgan fingerprint density at radius 3 is 2.57 bits per heavy atom. The molecular weight excluding hydrogens is 267 g/mol. The molecule has 0 unspecified atom stereocenters. The van der Waals surface area contributed by atoms with E-state index < -0.39 is 0 Å². The minimum absolute atomic E-state index is 0.221. The van der Waals surface area contributed by atoms with Crippen molar-refractivity contribution in [2.45, 2.75) is 20.4 Å². The number of nitrogens with two attached hydrogens (primary N) is 1. The highest BCUT2D eigenvalue weighted by molar-refractivity contribution is 5.52. The van der Waals surface area contributed by atoms with Gasteiger partial charge < -0.3 is 15.4 Å². The lowest BCUT2D eigenvalue weighted by molar-refractivity contribution is 0.336. The van der Waals surface area contributed by atoms with Crippen molar-refractivity contribution in [1.29, 1.82) is 0 Å². The van der Waals surface area contributed by atoms with Crippen molar-refractivity contribution < 1.29 is 9.13 Å². The summed E-state index contributed by atoms with van der Waals surface area (Å²) in [4.78, 5) is 1.96. The molecule has 2 rings (SSSR count). The highest BCUT2D eigenvalue weighted by atomic mass is 19.1. The first kappa shape index (κ1) is 15.2. The Kier molecular flexibility index (Phi) is 5.04. The van der Waals surface area contributed by atoms with Crippen LogP contribution in [0.5, 0.6) is 5.75 Å². The van der Waals surface area contributed by atoms with Crippen LogP contribution in [0.1, 0.15) is 19.4 Å². The SMILES string of the molecule is CCOc1ccc(N)cc1CN(CC)c1ccccc1F. The Balaban J connectivity index is 2.30. The number of para-hydroxylation sites is 1. The van der Waals surface area contributed by atoms with E-state index in [0.29, 0.717) is 31.1 Å². The predicted octanol–water partition coefficient (Wildman–Crippen LogP) is 3.83. The first-order valence-corrected chi connectivity index (χ1v) is 7.16. The van der Waals surface area contributed by atoms with E-state index in [1.165, 1.54) is 6.07 Å². The average molecular weight is 288 g/mol. The van der Waals surface area contributed by atoms with Crippen LogP contribution in [-0.4, -0.2) is 13.2 Å². The minimum atomic E-state index is -0.221. The molecule has 112 valence electrons. The van der Waals surface area contributed by atoms with Gasteiger partial charge in [-0.15, -0.1) is 0 Å². The number of nitrogen functional groups attached to an aromatic ring is 1. The predicted molar refractivity (Wildman–Crippen MR) is 85.1 cm³/mol. The highest BCUT2D eigenvalue weighted by Gasteiger charge is 2.13. The second-order valence-electron chi connectivity index (χ2n) is 4.77. The summed E-state index contributed by atoms with van der Waals surface area (Å²) in [5, 5.41) is 0. The Labute approximate surface area is 125 Å². The molecule has 3 nitrogen and oxygen atoms in total. The van der Waals surface area contributed by atoms with Crippen molar-refractivity contribution in [2.75, 3.05) is 23.8 Å². The fourth-order valence-electron chi connectivity index (χ4n) is 2.30. The fourth-order valence-corrected chi connectivity index (χ4v) is 2.30. The summed E-state index contributed by atoms with van der Waals surface area (Å²) >= 11 is 0. The van der Waals surface area contributed by atoms with Gasteiger partial charge in [-0.2, -0.15) is 0 Å². The smallest absolute Gasteiger partial charge is 0.146 e. The van der Waals surface area contributed by atoms with Gasteiger partial charge in [0.1, 0.15) is 11.6 Å². The molecule has 21 heavy (non-hydrogen) atoms. The van der Waals surface area contributed by atoms with Crippen molar-refractivity contribution in [3.63, 3.8) is 0 Å². The van der Waals surface area contributed by atoms with Gasteiger partial charge in [-0.25, -0.2) is 4.39 Å². The number of ether oxygens (including phenoxy) is 1. The molecule has 0 aliphatic carbocycles. The van der Waals surface area contributed by atoms with Crippen molar-refractivity contribution in [1.82, 2.24) is 0 Å². The van der Waals surface area contributed by atoms with E-state index in [0.717, 1.165) is 11.3 Å². The number of benzene rings is 2. The van der Waals surface area contributed by atoms with Gasteiger partial charge in [-0.1, -0.05) is 12.1 Å². The van der Waals surface area contributed by atoms with Crippen molar-refractivity contribution >= 4 is 11.4 Å². The monoisotopic (exact) mass is 288 g/mol. The maximum atomic E-state index is 14.0. The van der Waals surface area contributed by atoms with Crippen LogP contribution >= 0.6 is 0 Å². The van der Waals surface area contributed by atoms with Crippen LogP contribution in [0, 0.1) is 5.82 Å². The maximum absolute atomic E-state index is 14.0. The zero-order chi connectivity index (χ0) is 15.2. The van der Waals surface area contributed by atoms with Crippen LogP contribution in [0.3, 0.4) is 0 Å². The summed E-state index contributed by atoms with van der Waals surface area (Å²) in [6, 6.07) is 12.3. The van der Waals surface area contributed by atoms with E-state index in [-0.39, 0.29) is 5.82 Å². The van der Waals surface area contributed by atoms with Gasteiger partial charge in [-0.05, 0) is 44.2 Å². The molecule has 0 bridgehead atoms. The molecule has 0 aliphatic heterocycles. The van der Waals surface area contributed by atoms with Gasteiger partial charge in [0, 0.05) is 24.3 Å². The Hall–Kier alpha value is -2.23. The van der Waals surface area contributed by atoms with Gasteiger partial charge >= 0.3 is 0 Å². The standard InChI is InChI=1S/C17H21FN2O/c1-3-20(16-8-6-5-7-15(16)18)12-13-11-14(19)9-10-17(13)21-4-2/h5-11H,3-4,12,19H2,1-2H3. The third-order valence-electron chi connectivity index (χ3n) is 3.32. The number of nitrogens with zero attached hydrogens (tertiary/aromatic N) is 1. The molecule has 0 aromatic heterocycles. The largest absolute Gasteiger partial charge is 0.494 e. The fraction of sp³-hybridized carbons (Fsp3) is 0.294. The third kappa shape index (κ3) is 3.66. The summed E-state index contributed by atoms with van der Waals surface area (Å²) in [6.07, 6.45) is 0. The van der Waals surface area contributed by atoms with Gasteiger partial charge in [0.05, 0.1) is 12.3 Å². The second-order valence-corrected chi connectivity index (χ2v) is 4.77. The van der Waals surface area contributed by atoms with E-state index in [2.05, 4.69) is 0 Å². The lowest BCUT2D eigenvalue weighted by Crippen LogP contribution is -2.23. The summed E-state index contributed by atoms with van der Waals surface area (Å²) in [5.41, 5.74) is 8.09. The van der Waals surface area contributed by atoms with Crippen molar-refractivity contribution in [3.8, 4) is 5.75 Å². The van der Waals surface area contributed by atoms with Crippen LogP contribution in [0.4, 0.5) is 15.8 Å². The van der Waals surface area contributed by atoms with E-state index in [1.807, 2.05) is 43.0 Å². The summed E-state index contributed by atoms with van der Waals surface area (Å²) in [5.74, 6) is 0.572. The molecule has 4 heteroatoms. The van der Waals surface area contributed by atoms with E-state index in [4.69, 9.17) is 10.5 Å². The average Bonchev–Trinajstić information content (AvgIpc) is 2.48. The van der Waals surface area contributed by atoms with Crippen LogP contribution in [0.2, 0.25) is 0 Å². The van der Waals surface area contributed by atoms with E-state index >= 15 is 0 Å². The van der Waals surface area contributed by atoms with Crippen LogP contribution in [0.15, 0.2) is 42.5 Å². The Bertz CT molecular complexity index is 601. The molecule has 2 aromatic rings. The van der Waals surface area contributed by atoms with Crippen LogP contribution < -0.4 is 15.4 Å². The molecule has 0 saturated heterocycles. The topological polar surface area (TPSA) is 38.5 Å². The number of anilines is 2. The van der Waals surface area contributed by atoms with Gasteiger partial charge in [0.25, 0.3) is 0 Å². The van der Waals surface area contributed by atoms with Gasteiger partial charge in [0.15, 0.2) is 0 Å². The molecule has 0 amide bonds. The first-order valence-electron chi connectivity index (χ1n) is 7.16. The Morgan fingerprint density at radius 2 is 1.90 bits per heavy atom. The number of halogens is 1. The normalized spacial score (nSPS) is 10.4. The van der Waals surface area contributed by atoms with Gasteiger partial charge in [-0.3, -0.25) is 0 Å². The molecule has 0 spiro atoms. The van der Waals surface area contributed by atoms with Crippen molar-refractivity contribution in [3.05, 3.63) is 53.8 Å². The summed E-state index contributed by atoms with van der Waals surface area (Å²) in [7, 11) is 0. The van der Waals surface area contributed by atoms with E-state index in [1.54, 1.807) is 12.1 Å². The quantitative estimate of drug-likeness (QED) is 0.821. The lowest BCUT2D eigenvalue weighted by Gasteiger charge is -2.25. The van der Waals surface area contributed by atoms with E-state index in [9.17, 15) is 4.39 Å². The zero-order valence-corrected chi connectivity index (χ0v) is 12.5.